The van der Waals surface area contributed by atoms with E-state index >= 15 is 0 Å². The van der Waals surface area contributed by atoms with Crippen LogP contribution in [0.3, 0.4) is 0 Å². The second-order valence-electron chi connectivity index (χ2n) is 8.36. The number of rotatable bonds is 5. The van der Waals surface area contributed by atoms with Gasteiger partial charge in [-0.05, 0) is 30.3 Å². The molecule has 6 aromatic rings. The van der Waals surface area contributed by atoms with E-state index in [4.69, 9.17) is 21.6 Å². The molecule has 0 aliphatic rings. The Kier molecular flexibility index (Phi) is 5.66. The second-order valence-corrected chi connectivity index (χ2v) is 8.77. The van der Waals surface area contributed by atoms with Gasteiger partial charge in [0, 0.05) is 41.0 Å². The summed E-state index contributed by atoms with van der Waals surface area (Å²) in [5.74, 6) is -0.332. The molecule has 0 spiro atoms. The lowest BCUT2D eigenvalue weighted by atomic mass is 10.0. The van der Waals surface area contributed by atoms with Gasteiger partial charge in [-0.15, -0.1) is 0 Å². The standard InChI is InChI=1S/C27H18ClN7O2/c28-20-10-17(9-18-14-31-35-22(18)20)24-23(15-5-2-1-3-6-15)33-25-21(32-24)11-19(27(37)34-25)13-30-26(36)16-7-4-8-29-12-16/h1-12,14H,13H2,(H,30,36)(H,31,35)(H,33,34,37). The average molecular weight is 508 g/mol. The summed E-state index contributed by atoms with van der Waals surface area (Å²) >= 11 is 6.53. The lowest BCUT2D eigenvalue weighted by Crippen LogP contribution is -2.27. The second kappa shape index (κ2) is 9.29. The number of hydrogen-bond acceptors (Lipinski definition) is 6. The molecular weight excluding hydrogens is 490 g/mol. The van der Waals surface area contributed by atoms with Gasteiger partial charge in [0.25, 0.3) is 11.5 Å². The molecule has 180 valence electrons. The molecule has 0 atom stereocenters. The van der Waals surface area contributed by atoms with E-state index in [1.165, 1.54) is 6.20 Å². The predicted octanol–water partition coefficient (Wildman–Crippen LogP) is 4.51. The molecule has 37 heavy (non-hydrogen) atoms. The smallest absolute Gasteiger partial charge is 0.254 e. The molecule has 0 aliphatic heterocycles. The van der Waals surface area contributed by atoms with Gasteiger partial charge >= 0.3 is 0 Å². The molecule has 0 fully saturated rings. The molecule has 0 unspecified atom stereocenters. The summed E-state index contributed by atoms with van der Waals surface area (Å²) in [5.41, 5.74) is 4.73. The van der Waals surface area contributed by atoms with Crippen molar-refractivity contribution in [3.8, 4) is 22.5 Å². The molecule has 0 saturated heterocycles. The number of carbonyl (C=O) groups excluding carboxylic acids is 1. The molecule has 10 heteroatoms. The molecule has 3 N–H and O–H groups in total. The Morgan fingerprint density at radius 1 is 0.946 bits per heavy atom. The third kappa shape index (κ3) is 4.32. The van der Waals surface area contributed by atoms with E-state index in [0.29, 0.717) is 38.7 Å². The van der Waals surface area contributed by atoms with Crippen molar-refractivity contribution in [3.63, 3.8) is 0 Å². The Morgan fingerprint density at radius 2 is 1.78 bits per heavy atom. The van der Waals surface area contributed by atoms with E-state index < -0.39 is 0 Å². The number of aromatic amines is 2. The first-order chi connectivity index (χ1) is 18.1. The number of H-pyrrole nitrogens is 2. The van der Waals surface area contributed by atoms with Crippen molar-refractivity contribution in [2.24, 2.45) is 0 Å². The normalized spacial score (nSPS) is 11.2. The van der Waals surface area contributed by atoms with Gasteiger partial charge in [0.1, 0.15) is 5.52 Å². The molecule has 0 bridgehead atoms. The van der Waals surface area contributed by atoms with Crippen molar-refractivity contribution >= 4 is 39.6 Å². The van der Waals surface area contributed by atoms with Crippen LogP contribution in [-0.2, 0) is 6.54 Å². The lowest BCUT2D eigenvalue weighted by Gasteiger charge is -2.12. The van der Waals surface area contributed by atoms with Crippen LogP contribution >= 0.6 is 11.6 Å². The number of aromatic nitrogens is 6. The Morgan fingerprint density at radius 3 is 2.59 bits per heavy atom. The average Bonchev–Trinajstić information content (AvgIpc) is 3.41. The van der Waals surface area contributed by atoms with E-state index in [0.717, 1.165) is 22.0 Å². The number of halogens is 1. The van der Waals surface area contributed by atoms with Crippen LogP contribution in [0.1, 0.15) is 15.9 Å². The van der Waals surface area contributed by atoms with Crippen molar-refractivity contribution < 1.29 is 4.79 Å². The van der Waals surface area contributed by atoms with Crippen molar-refractivity contribution in [2.75, 3.05) is 0 Å². The van der Waals surface area contributed by atoms with Crippen LogP contribution in [0.4, 0.5) is 0 Å². The molecule has 9 nitrogen and oxygen atoms in total. The molecule has 1 amide bonds. The van der Waals surface area contributed by atoms with Crippen LogP contribution in [0.2, 0.25) is 5.02 Å². The number of amides is 1. The fourth-order valence-electron chi connectivity index (χ4n) is 4.11. The zero-order valence-corrected chi connectivity index (χ0v) is 20.0. The lowest BCUT2D eigenvalue weighted by molar-refractivity contribution is 0.0950. The molecule has 0 saturated carbocycles. The van der Waals surface area contributed by atoms with Crippen LogP contribution in [0.15, 0.2) is 84.0 Å². The van der Waals surface area contributed by atoms with E-state index in [2.05, 4.69) is 25.5 Å². The van der Waals surface area contributed by atoms with E-state index in [1.54, 1.807) is 30.6 Å². The third-order valence-corrected chi connectivity index (χ3v) is 6.24. The molecule has 6 rings (SSSR count). The van der Waals surface area contributed by atoms with Gasteiger partial charge in [-0.25, -0.2) is 9.97 Å². The molecular formula is C27H18ClN7O2. The number of fused-ring (bicyclic) bond motifs is 2. The largest absolute Gasteiger partial charge is 0.348 e. The topological polar surface area (TPSA) is 129 Å². The maximum Gasteiger partial charge on any atom is 0.254 e. The SMILES string of the molecule is O=C(NCc1cc2nc(-c3cc(Cl)c4[nH]ncc4c3)c(-c3ccccc3)nc2[nH]c1=O)c1cccnc1. The highest BCUT2D eigenvalue weighted by atomic mass is 35.5. The number of nitrogens with one attached hydrogen (secondary N) is 3. The minimum absolute atomic E-state index is 0.0171. The summed E-state index contributed by atoms with van der Waals surface area (Å²) in [6, 6.07) is 18.3. The fraction of sp³-hybridized carbons (Fsp3) is 0.0370. The molecule has 0 aliphatic carbocycles. The monoisotopic (exact) mass is 507 g/mol. The Bertz CT molecular complexity index is 1830. The highest BCUT2D eigenvalue weighted by molar-refractivity contribution is 6.35. The van der Waals surface area contributed by atoms with E-state index in [9.17, 15) is 9.59 Å². The summed E-state index contributed by atoms with van der Waals surface area (Å²) in [6.45, 7) is 0.0171. The molecule has 4 heterocycles. The van der Waals surface area contributed by atoms with Gasteiger partial charge in [-0.2, -0.15) is 5.10 Å². The molecule has 2 aromatic carbocycles. The van der Waals surface area contributed by atoms with Gasteiger partial charge in [0.15, 0.2) is 5.65 Å². The van der Waals surface area contributed by atoms with Crippen LogP contribution in [0, 0.1) is 0 Å². The molecule has 4 aromatic heterocycles. The van der Waals surface area contributed by atoms with E-state index in [1.807, 2.05) is 42.5 Å². The van der Waals surface area contributed by atoms with E-state index in [-0.39, 0.29) is 18.0 Å². The minimum atomic E-state index is -0.358. The minimum Gasteiger partial charge on any atom is -0.348 e. The number of nitrogens with zero attached hydrogens (tertiary/aromatic N) is 4. The summed E-state index contributed by atoms with van der Waals surface area (Å²) in [6.07, 6.45) is 4.75. The Balaban J connectivity index is 1.46. The number of hydrogen-bond donors (Lipinski definition) is 3. The number of benzene rings is 2. The highest BCUT2D eigenvalue weighted by Crippen LogP contribution is 2.34. The summed E-state index contributed by atoms with van der Waals surface area (Å²) in [5, 5.41) is 11.1. The van der Waals surface area contributed by atoms with Gasteiger partial charge in [-0.3, -0.25) is 19.7 Å². The first kappa shape index (κ1) is 22.6. The van der Waals surface area contributed by atoms with Gasteiger partial charge in [-0.1, -0.05) is 41.9 Å². The quantitative estimate of drug-likeness (QED) is 0.315. The number of pyridine rings is 2. The van der Waals surface area contributed by atoms with Crippen molar-refractivity contribution in [1.29, 1.82) is 0 Å². The fourth-order valence-corrected chi connectivity index (χ4v) is 4.38. The van der Waals surface area contributed by atoms with Crippen LogP contribution in [-0.4, -0.2) is 36.0 Å². The summed E-state index contributed by atoms with van der Waals surface area (Å²) < 4.78 is 0. The zero-order valence-electron chi connectivity index (χ0n) is 19.2. The Hall–Kier alpha value is -4.89. The zero-order chi connectivity index (χ0) is 25.4. The number of carbonyl (C=O) groups is 1. The molecule has 0 radical (unpaired) electrons. The third-order valence-electron chi connectivity index (χ3n) is 5.94. The maximum atomic E-state index is 12.8. The van der Waals surface area contributed by atoms with Crippen molar-refractivity contribution in [2.45, 2.75) is 6.54 Å². The maximum absolute atomic E-state index is 12.8. The van der Waals surface area contributed by atoms with Crippen LogP contribution < -0.4 is 10.9 Å². The summed E-state index contributed by atoms with van der Waals surface area (Å²) in [7, 11) is 0. The van der Waals surface area contributed by atoms with Crippen LogP contribution in [0.5, 0.6) is 0 Å². The van der Waals surface area contributed by atoms with Gasteiger partial charge < -0.3 is 10.3 Å². The Labute approximate surface area is 214 Å². The van der Waals surface area contributed by atoms with Crippen molar-refractivity contribution in [1.82, 2.24) is 35.5 Å². The van der Waals surface area contributed by atoms with Gasteiger partial charge in [0.05, 0.1) is 33.7 Å². The first-order valence-electron chi connectivity index (χ1n) is 11.4. The van der Waals surface area contributed by atoms with Crippen LogP contribution in [0.25, 0.3) is 44.6 Å². The first-order valence-corrected chi connectivity index (χ1v) is 11.8. The highest BCUT2D eigenvalue weighted by Gasteiger charge is 2.17. The van der Waals surface area contributed by atoms with Crippen molar-refractivity contribution in [3.05, 3.63) is 106 Å². The van der Waals surface area contributed by atoms with Gasteiger partial charge in [0.2, 0.25) is 0 Å². The summed E-state index contributed by atoms with van der Waals surface area (Å²) in [4.78, 5) is 41.7. The predicted molar refractivity (Wildman–Crippen MR) is 141 cm³/mol.